The van der Waals surface area contributed by atoms with Gasteiger partial charge in [0.25, 0.3) is 0 Å². The highest BCUT2D eigenvalue weighted by Crippen LogP contribution is 2.45. The van der Waals surface area contributed by atoms with Crippen LogP contribution in [0.4, 0.5) is 0 Å². The summed E-state index contributed by atoms with van der Waals surface area (Å²) in [6.45, 7) is 9.23. The van der Waals surface area contributed by atoms with Gasteiger partial charge in [0.05, 0.1) is 11.7 Å². The van der Waals surface area contributed by atoms with E-state index in [1.165, 1.54) is 51.4 Å². The Morgan fingerprint density at radius 2 is 1.94 bits per heavy atom. The smallest absolute Gasteiger partial charge is 0.0687 e. The molecule has 0 amide bonds. The van der Waals surface area contributed by atoms with Gasteiger partial charge in [0.15, 0.2) is 0 Å². The zero-order chi connectivity index (χ0) is 13.1. The summed E-state index contributed by atoms with van der Waals surface area (Å²) in [6.07, 6.45) is 11.0. The Morgan fingerprint density at radius 3 is 2.61 bits per heavy atom. The van der Waals surface area contributed by atoms with Gasteiger partial charge >= 0.3 is 0 Å². The van der Waals surface area contributed by atoms with Crippen LogP contribution in [0, 0.1) is 5.41 Å². The first-order valence-electron chi connectivity index (χ1n) is 7.94. The predicted octanol–water partition coefficient (Wildman–Crippen LogP) is 3.89. The molecule has 1 aliphatic carbocycles. The Balaban J connectivity index is 1.76. The van der Waals surface area contributed by atoms with Gasteiger partial charge in [-0.2, -0.15) is 0 Å². The lowest BCUT2D eigenvalue weighted by atomic mass is 9.85. The molecule has 0 radical (unpaired) electrons. The van der Waals surface area contributed by atoms with Gasteiger partial charge in [0, 0.05) is 6.54 Å². The Morgan fingerprint density at radius 1 is 1.22 bits per heavy atom. The Bertz CT molecular complexity index is 256. The number of rotatable bonds is 6. The molecule has 1 atom stereocenters. The van der Waals surface area contributed by atoms with Gasteiger partial charge in [-0.3, -0.25) is 0 Å². The lowest BCUT2D eigenvalue weighted by Gasteiger charge is -2.30. The van der Waals surface area contributed by atoms with Crippen LogP contribution >= 0.6 is 0 Å². The summed E-state index contributed by atoms with van der Waals surface area (Å²) in [7, 11) is 0. The third-order valence-electron chi connectivity index (χ3n) is 4.66. The molecule has 1 unspecified atom stereocenters. The van der Waals surface area contributed by atoms with E-state index in [0.717, 1.165) is 13.1 Å². The first-order valence-corrected chi connectivity index (χ1v) is 7.94. The zero-order valence-electron chi connectivity index (χ0n) is 12.6. The summed E-state index contributed by atoms with van der Waals surface area (Å²) in [5.74, 6) is 0. The summed E-state index contributed by atoms with van der Waals surface area (Å²) in [5, 5.41) is 3.55. The molecule has 0 aromatic rings. The second-order valence-corrected chi connectivity index (χ2v) is 7.21. The lowest BCUT2D eigenvalue weighted by Crippen LogP contribution is -2.34. The van der Waals surface area contributed by atoms with Crippen molar-refractivity contribution in [1.29, 1.82) is 0 Å². The largest absolute Gasteiger partial charge is 0.372 e. The molecule has 2 fully saturated rings. The average molecular weight is 253 g/mol. The van der Waals surface area contributed by atoms with E-state index in [4.69, 9.17) is 4.74 Å². The minimum atomic E-state index is 0.303. The fraction of sp³-hybridized carbons (Fsp3) is 1.00. The number of hydrogen-bond acceptors (Lipinski definition) is 2. The van der Waals surface area contributed by atoms with Crippen molar-refractivity contribution in [3.05, 3.63) is 0 Å². The molecule has 1 spiro atoms. The van der Waals surface area contributed by atoms with E-state index < -0.39 is 0 Å². The molecule has 1 saturated carbocycles. The molecule has 1 N–H and O–H groups in total. The van der Waals surface area contributed by atoms with E-state index in [0.29, 0.717) is 17.1 Å². The molecule has 0 aromatic carbocycles. The number of hydrogen-bond donors (Lipinski definition) is 1. The van der Waals surface area contributed by atoms with Crippen molar-refractivity contribution < 1.29 is 4.74 Å². The van der Waals surface area contributed by atoms with Gasteiger partial charge in [-0.05, 0) is 50.5 Å². The molecule has 106 valence electrons. The van der Waals surface area contributed by atoms with E-state index in [2.05, 4.69) is 26.1 Å². The fourth-order valence-corrected chi connectivity index (χ4v) is 3.72. The Hall–Kier alpha value is -0.0800. The van der Waals surface area contributed by atoms with Crippen LogP contribution in [0.5, 0.6) is 0 Å². The lowest BCUT2D eigenvalue weighted by molar-refractivity contribution is -0.0502. The van der Waals surface area contributed by atoms with Crippen molar-refractivity contribution in [3.8, 4) is 0 Å². The van der Waals surface area contributed by atoms with E-state index in [9.17, 15) is 0 Å². The molecule has 2 rings (SSSR count). The van der Waals surface area contributed by atoms with Crippen LogP contribution in [0.15, 0.2) is 0 Å². The topological polar surface area (TPSA) is 21.3 Å². The number of ether oxygens (including phenoxy) is 1. The first kappa shape index (κ1) is 14.3. The van der Waals surface area contributed by atoms with Crippen molar-refractivity contribution >= 4 is 0 Å². The van der Waals surface area contributed by atoms with Crippen LogP contribution in [-0.2, 0) is 4.74 Å². The summed E-state index contributed by atoms with van der Waals surface area (Å²) >= 11 is 0. The Kier molecular flexibility index (Phi) is 4.71. The maximum absolute atomic E-state index is 6.42. The monoisotopic (exact) mass is 253 g/mol. The standard InChI is InChI=1S/C16H31NO/c1-4-11-17-13-15(2,3)12-14-7-10-16(18-14)8-5-6-9-16/h14,17H,4-13H2,1-3H3. The van der Waals surface area contributed by atoms with E-state index in [1.54, 1.807) is 0 Å². The Labute approximate surface area is 113 Å². The van der Waals surface area contributed by atoms with Gasteiger partial charge in [-0.1, -0.05) is 33.6 Å². The highest BCUT2D eigenvalue weighted by atomic mass is 16.5. The molecule has 18 heavy (non-hydrogen) atoms. The molecular formula is C16H31NO. The minimum absolute atomic E-state index is 0.303. The van der Waals surface area contributed by atoms with Gasteiger partial charge in [0.1, 0.15) is 0 Å². The van der Waals surface area contributed by atoms with Crippen molar-refractivity contribution in [3.63, 3.8) is 0 Å². The quantitative estimate of drug-likeness (QED) is 0.725. The third-order valence-corrected chi connectivity index (χ3v) is 4.66. The highest BCUT2D eigenvalue weighted by Gasteiger charge is 2.43. The molecule has 1 heterocycles. The van der Waals surface area contributed by atoms with Crippen molar-refractivity contribution in [2.45, 2.75) is 83.8 Å². The minimum Gasteiger partial charge on any atom is -0.372 e. The summed E-state index contributed by atoms with van der Waals surface area (Å²) < 4.78 is 6.42. The van der Waals surface area contributed by atoms with Gasteiger partial charge in [-0.15, -0.1) is 0 Å². The molecule has 2 aliphatic rings. The molecule has 1 saturated heterocycles. The van der Waals surface area contributed by atoms with Crippen LogP contribution in [0.3, 0.4) is 0 Å². The average Bonchev–Trinajstić information content (AvgIpc) is 2.90. The highest BCUT2D eigenvalue weighted by molar-refractivity contribution is 4.94. The van der Waals surface area contributed by atoms with E-state index in [-0.39, 0.29) is 0 Å². The summed E-state index contributed by atoms with van der Waals surface area (Å²) in [4.78, 5) is 0. The fourth-order valence-electron chi connectivity index (χ4n) is 3.72. The second-order valence-electron chi connectivity index (χ2n) is 7.21. The van der Waals surface area contributed by atoms with Crippen molar-refractivity contribution in [1.82, 2.24) is 5.32 Å². The molecule has 2 nitrogen and oxygen atoms in total. The molecule has 1 aliphatic heterocycles. The van der Waals surface area contributed by atoms with Crippen molar-refractivity contribution in [2.75, 3.05) is 13.1 Å². The van der Waals surface area contributed by atoms with E-state index >= 15 is 0 Å². The second kappa shape index (κ2) is 5.92. The summed E-state index contributed by atoms with van der Waals surface area (Å²) in [6, 6.07) is 0. The first-order chi connectivity index (χ1) is 8.55. The zero-order valence-corrected chi connectivity index (χ0v) is 12.6. The maximum Gasteiger partial charge on any atom is 0.0687 e. The van der Waals surface area contributed by atoms with Crippen LogP contribution < -0.4 is 5.32 Å². The van der Waals surface area contributed by atoms with Gasteiger partial charge in [0.2, 0.25) is 0 Å². The van der Waals surface area contributed by atoms with Gasteiger partial charge < -0.3 is 10.1 Å². The third kappa shape index (κ3) is 3.71. The SMILES string of the molecule is CCCNCC(C)(C)CC1CCC2(CCCC2)O1. The van der Waals surface area contributed by atoms with Crippen LogP contribution in [0.1, 0.15) is 72.1 Å². The normalized spacial score (nSPS) is 27.2. The van der Waals surface area contributed by atoms with E-state index in [1.807, 2.05) is 0 Å². The predicted molar refractivity (Wildman–Crippen MR) is 76.9 cm³/mol. The molecule has 0 bridgehead atoms. The number of nitrogens with one attached hydrogen (secondary N) is 1. The summed E-state index contributed by atoms with van der Waals surface area (Å²) in [5.41, 5.74) is 0.668. The van der Waals surface area contributed by atoms with Crippen LogP contribution in [0.2, 0.25) is 0 Å². The molecular weight excluding hydrogens is 222 g/mol. The van der Waals surface area contributed by atoms with Crippen LogP contribution in [0.25, 0.3) is 0 Å². The van der Waals surface area contributed by atoms with Gasteiger partial charge in [-0.25, -0.2) is 0 Å². The van der Waals surface area contributed by atoms with Crippen LogP contribution in [-0.4, -0.2) is 24.8 Å². The molecule has 2 heteroatoms. The maximum atomic E-state index is 6.42. The van der Waals surface area contributed by atoms with Crippen molar-refractivity contribution in [2.24, 2.45) is 5.41 Å². The molecule has 0 aromatic heterocycles.